The number of hydrogen-bond donors (Lipinski definition) is 1. The number of aromatic nitrogens is 1. The third kappa shape index (κ3) is 3.88. The van der Waals surface area contributed by atoms with Crippen LogP contribution < -0.4 is 5.73 Å². The highest BCUT2D eigenvalue weighted by Crippen LogP contribution is 2.28. The number of likely N-dealkylation sites (tertiary alicyclic amines) is 1. The van der Waals surface area contributed by atoms with Crippen molar-refractivity contribution in [2.45, 2.75) is 18.8 Å². The average molecular weight is 375 g/mol. The van der Waals surface area contributed by atoms with E-state index < -0.39 is 0 Å². The number of benzene rings is 2. The standard InChI is InChI=1S/C23H22FN3O/c24-19-11-9-16(10-12-19)21-7-2-8-22(26-21)18-5-3-13-27(15-18)23(28)17-4-1-6-20(25)14-17/h1-2,4,6-12,14,18H,3,5,13,15,25H2/t18-/m0/s1. The monoisotopic (exact) mass is 375 g/mol. The molecule has 1 aliphatic heterocycles. The lowest BCUT2D eigenvalue weighted by molar-refractivity contribution is 0.0706. The molecule has 0 spiro atoms. The van der Waals surface area contributed by atoms with Crippen LogP contribution in [-0.4, -0.2) is 28.9 Å². The fraction of sp³-hybridized carbons (Fsp3) is 0.217. The van der Waals surface area contributed by atoms with Crippen molar-refractivity contribution in [3.8, 4) is 11.3 Å². The van der Waals surface area contributed by atoms with Crippen molar-refractivity contribution < 1.29 is 9.18 Å². The van der Waals surface area contributed by atoms with Crippen molar-refractivity contribution in [1.29, 1.82) is 0 Å². The summed E-state index contributed by atoms with van der Waals surface area (Å²) >= 11 is 0. The number of halogens is 1. The van der Waals surface area contributed by atoms with E-state index in [1.54, 1.807) is 36.4 Å². The molecule has 4 nitrogen and oxygen atoms in total. The van der Waals surface area contributed by atoms with Gasteiger partial charge in [-0.2, -0.15) is 0 Å². The van der Waals surface area contributed by atoms with Crippen molar-refractivity contribution in [2.24, 2.45) is 0 Å². The largest absolute Gasteiger partial charge is 0.399 e. The van der Waals surface area contributed by atoms with E-state index in [0.29, 0.717) is 17.8 Å². The highest BCUT2D eigenvalue weighted by Gasteiger charge is 2.26. The van der Waals surface area contributed by atoms with E-state index >= 15 is 0 Å². The third-order valence-corrected chi connectivity index (χ3v) is 5.17. The minimum absolute atomic E-state index is 0.00619. The smallest absolute Gasteiger partial charge is 0.253 e. The number of nitrogen functional groups attached to an aromatic ring is 1. The molecule has 28 heavy (non-hydrogen) atoms. The molecule has 1 saturated heterocycles. The Labute approximate surface area is 163 Å². The van der Waals surface area contributed by atoms with Gasteiger partial charge in [-0.15, -0.1) is 0 Å². The fourth-order valence-electron chi connectivity index (χ4n) is 3.72. The van der Waals surface area contributed by atoms with Gasteiger partial charge in [0.25, 0.3) is 5.91 Å². The van der Waals surface area contributed by atoms with Crippen LogP contribution in [0.3, 0.4) is 0 Å². The second-order valence-corrected chi connectivity index (χ2v) is 7.17. The molecular formula is C23H22FN3O. The van der Waals surface area contributed by atoms with Gasteiger partial charge in [-0.05, 0) is 67.4 Å². The molecule has 0 bridgehead atoms. The summed E-state index contributed by atoms with van der Waals surface area (Å²) in [4.78, 5) is 19.5. The van der Waals surface area contributed by atoms with Crippen LogP contribution in [0.25, 0.3) is 11.3 Å². The van der Waals surface area contributed by atoms with Gasteiger partial charge in [-0.1, -0.05) is 12.1 Å². The topological polar surface area (TPSA) is 59.2 Å². The van der Waals surface area contributed by atoms with Crippen molar-refractivity contribution >= 4 is 11.6 Å². The molecule has 1 atom stereocenters. The number of rotatable bonds is 3. The first-order valence-corrected chi connectivity index (χ1v) is 9.48. The van der Waals surface area contributed by atoms with E-state index in [1.165, 1.54) is 12.1 Å². The lowest BCUT2D eigenvalue weighted by atomic mass is 9.93. The molecule has 0 aliphatic carbocycles. The Bertz CT molecular complexity index is 987. The molecular weight excluding hydrogens is 353 g/mol. The third-order valence-electron chi connectivity index (χ3n) is 5.17. The predicted octanol–water partition coefficient (Wildman–Crippen LogP) is 4.49. The van der Waals surface area contributed by atoms with Gasteiger partial charge in [0.15, 0.2) is 0 Å². The summed E-state index contributed by atoms with van der Waals surface area (Å²) in [5.74, 6) is -0.0752. The first kappa shape index (κ1) is 18.2. The molecule has 1 fully saturated rings. The maximum atomic E-state index is 13.2. The number of carbonyl (C=O) groups excluding carboxylic acids is 1. The van der Waals surface area contributed by atoms with Crippen molar-refractivity contribution in [3.63, 3.8) is 0 Å². The fourth-order valence-corrected chi connectivity index (χ4v) is 3.72. The maximum Gasteiger partial charge on any atom is 0.253 e. The van der Waals surface area contributed by atoms with E-state index in [1.807, 2.05) is 23.1 Å². The summed E-state index contributed by atoms with van der Waals surface area (Å²) in [5, 5.41) is 0. The predicted molar refractivity (Wildman–Crippen MR) is 108 cm³/mol. The van der Waals surface area contributed by atoms with E-state index in [-0.39, 0.29) is 17.6 Å². The summed E-state index contributed by atoms with van der Waals surface area (Å²) in [6.07, 6.45) is 1.92. The Kier molecular flexibility index (Phi) is 5.06. The summed E-state index contributed by atoms with van der Waals surface area (Å²) in [6.45, 7) is 1.37. The molecule has 5 heteroatoms. The zero-order chi connectivity index (χ0) is 19.5. The Hall–Kier alpha value is -3.21. The van der Waals surface area contributed by atoms with Crippen LogP contribution in [0.4, 0.5) is 10.1 Å². The lowest BCUT2D eigenvalue weighted by Gasteiger charge is -2.32. The normalized spacial score (nSPS) is 16.8. The summed E-state index contributed by atoms with van der Waals surface area (Å²) < 4.78 is 13.2. The molecule has 0 unspecified atom stereocenters. The number of anilines is 1. The summed E-state index contributed by atoms with van der Waals surface area (Å²) in [6, 6.07) is 19.4. The Morgan fingerprint density at radius 1 is 1.07 bits per heavy atom. The van der Waals surface area contributed by atoms with Gasteiger partial charge >= 0.3 is 0 Å². The summed E-state index contributed by atoms with van der Waals surface area (Å²) in [7, 11) is 0. The number of pyridine rings is 1. The quantitative estimate of drug-likeness (QED) is 0.686. The molecule has 1 aromatic heterocycles. The van der Waals surface area contributed by atoms with Gasteiger partial charge in [0.05, 0.1) is 5.69 Å². The van der Waals surface area contributed by atoms with Gasteiger partial charge < -0.3 is 10.6 Å². The lowest BCUT2D eigenvalue weighted by Crippen LogP contribution is -2.39. The van der Waals surface area contributed by atoms with Crippen LogP contribution in [0.5, 0.6) is 0 Å². The van der Waals surface area contributed by atoms with E-state index in [4.69, 9.17) is 10.7 Å². The van der Waals surface area contributed by atoms with Crippen molar-refractivity contribution in [3.05, 3.63) is 83.8 Å². The summed E-state index contributed by atoms with van der Waals surface area (Å²) in [5.41, 5.74) is 9.69. The highest BCUT2D eigenvalue weighted by atomic mass is 19.1. The van der Waals surface area contributed by atoms with Gasteiger partial charge in [-0.25, -0.2) is 4.39 Å². The molecule has 2 heterocycles. The van der Waals surface area contributed by atoms with E-state index in [0.717, 1.165) is 36.3 Å². The Balaban J connectivity index is 1.54. The van der Waals surface area contributed by atoms with Crippen LogP contribution in [0.15, 0.2) is 66.7 Å². The second kappa shape index (κ2) is 7.80. The number of nitrogens with zero attached hydrogens (tertiary/aromatic N) is 2. The van der Waals surface area contributed by atoms with Crippen LogP contribution in [-0.2, 0) is 0 Å². The molecule has 1 amide bonds. The molecule has 2 N–H and O–H groups in total. The zero-order valence-electron chi connectivity index (χ0n) is 15.5. The van der Waals surface area contributed by atoms with Gasteiger partial charge in [-0.3, -0.25) is 9.78 Å². The van der Waals surface area contributed by atoms with E-state index in [2.05, 4.69) is 0 Å². The number of hydrogen-bond acceptors (Lipinski definition) is 3. The molecule has 2 aromatic carbocycles. The highest BCUT2D eigenvalue weighted by molar-refractivity contribution is 5.95. The van der Waals surface area contributed by atoms with Crippen LogP contribution in [0.1, 0.15) is 34.8 Å². The number of carbonyl (C=O) groups is 1. The van der Waals surface area contributed by atoms with E-state index in [9.17, 15) is 9.18 Å². The SMILES string of the molecule is Nc1cccc(C(=O)N2CCC[C@H](c3cccc(-c4ccc(F)cc4)n3)C2)c1. The number of amides is 1. The van der Waals surface area contributed by atoms with Crippen LogP contribution in [0.2, 0.25) is 0 Å². The molecule has 3 aromatic rings. The molecule has 4 rings (SSSR count). The average Bonchev–Trinajstić information content (AvgIpc) is 2.74. The minimum atomic E-state index is -0.261. The number of nitrogens with two attached hydrogens (primary N) is 1. The molecule has 0 saturated carbocycles. The first-order chi connectivity index (χ1) is 13.6. The van der Waals surface area contributed by atoms with Crippen molar-refractivity contribution in [1.82, 2.24) is 9.88 Å². The van der Waals surface area contributed by atoms with Crippen LogP contribution in [0, 0.1) is 5.82 Å². The molecule has 0 radical (unpaired) electrons. The maximum absolute atomic E-state index is 13.2. The zero-order valence-corrected chi connectivity index (χ0v) is 15.5. The molecule has 1 aliphatic rings. The van der Waals surface area contributed by atoms with Gasteiger partial charge in [0, 0.05) is 41.5 Å². The molecule has 142 valence electrons. The van der Waals surface area contributed by atoms with Crippen LogP contribution >= 0.6 is 0 Å². The Morgan fingerprint density at radius 3 is 2.64 bits per heavy atom. The first-order valence-electron chi connectivity index (χ1n) is 9.48. The second-order valence-electron chi connectivity index (χ2n) is 7.17. The Morgan fingerprint density at radius 2 is 1.86 bits per heavy atom. The van der Waals surface area contributed by atoms with Crippen molar-refractivity contribution in [2.75, 3.05) is 18.8 Å². The minimum Gasteiger partial charge on any atom is -0.399 e. The van der Waals surface area contributed by atoms with Gasteiger partial charge in [0.1, 0.15) is 5.82 Å². The van der Waals surface area contributed by atoms with Gasteiger partial charge in [0.2, 0.25) is 0 Å². The number of piperidine rings is 1.